The Morgan fingerprint density at radius 2 is 2.00 bits per heavy atom. The molecule has 102 valence electrons. The second kappa shape index (κ2) is 4.61. The van der Waals surface area contributed by atoms with Crippen LogP contribution in [0.1, 0.15) is 29.9 Å². The van der Waals surface area contributed by atoms with E-state index in [1.807, 2.05) is 0 Å². The highest BCUT2D eigenvalue weighted by molar-refractivity contribution is 5.44. The Morgan fingerprint density at radius 3 is 2.58 bits per heavy atom. The maximum absolute atomic E-state index is 12.7. The molecule has 0 spiro atoms. The summed E-state index contributed by atoms with van der Waals surface area (Å²) in [5, 5.41) is 10.9. The summed E-state index contributed by atoms with van der Waals surface area (Å²) >= 11 is 0. The van der Waals surface area contributed by atoms with Gasteiger partial charge in [-0.3, -0.25) is 0 Å². The Kier molecular flexibility index (Phi) is 3.27. The van der Waals surface area contributed by atoms with Crippen molar-refractivity contribution in [2.24, 2.45) is 5.73 Å². The molecule has 0 fully saturated rings. The van der Waals surface area contributed by atoms with Crippen LogP contribution in [-0.4, -0.2) is 20.2 Å². The first-order valence-electron chi connectivity index (χ1n) is 5.53. The number of nitrogens with zero attached hydrogens (tertiary/aromatic N) is 4. The first-order chi connectivity index (χ1) is 8.80. The summed E-state index contributed by atoms with van der Waals surface area (Å²) in [6.45, 7) is 3.34. The van der Waals surface area contributed by atoms with Crippen molar-refractivity contribution < 1.29 is 13.2 Å². The van der Waals surface area contributed by atoms with Gasteiger partial charge in [0.05, 0.1) is 17.3 Å². The number of hydrogen-bond donors (Lipinski definition) is 1. The molecule has 0 bridgehead atoms. The van der Waals surface area contributed by atoms with Crippen molar-refractivity contribution in [1.29, 1.82) is 0 Å². The zero-order valence-electron chi connectivity index (χ0n) is 10.3. The van der Waals surface area contributed by atoms with E-state index in [-0.39, 0.29) is 5.69 Å². The Labute approximate surface area is 107 Å². The molecule has 2 rings (SSSR count). The molecular formula is C11H12F3N5. The van der Waals surface area contributed by atoms with Crippen LogP contribution in [-0.2, 0) is 6.18 Å². The van der Waals surface area contributed by atoms with Crippen LogP contribution in [0.25, 0.3) is 5.69 Å². The smallest absolute Gasteiger partial charge is 0.321 e. The summed E-state index contributed by atoms with van der Waals surface area (Å²) in [5.74, 6) is 0.308. The van der Waals surface area contributed by atoms with Crippen LogP contribution in [0.2, 0.25) is 0 Å². The molecule has 2 N–H and O–H groups in total. The van der Waals surface area contributed by atoms with Gasteiger partial charge in [-0.2, -0.15) is 17.9 Å². The number of halogens is 3. The summed E-state index contributed by atoms with van der Waals surface area (Å²) < 4.78 is 39.4. The van der Waals surface area contributed by atoms with Crippen molar-refractivity contribution in [3.05, 3.63) is 35.2 Å². The van der Waals surface area contributed by atoms with Crippen LogP contribution in [0, 0.1) is 6.92 Å². The zero-order chi connectivity index (χ0) is 14.2. The number of rotatable bonds is 2. The van der Waals surface area contributed by atoms with Crippen molar-refractivity contribution in [2.45, 2.75) is 26.1 Å². The first-order valence-corrected chi connectivity index (χ1v) is 5.53. The minimum absolute atomic E-state index is 0.270. The number of hydrogen-bond acceptors (Lipinski definition) is 4. The molecular weight excluding hydrogens is 259 g/mol. The number of alkyl halides is 3. The third-order valence-electron chi connectivity index (χ3n) is 2.67. The number of benzene rings is 1. The maximum atomic E-state index is 12.7. The normalized spacial score (nSPS) is 13.6. The fourth-order valence-corrected chi connectivity index (χ4v) is 1.66. The minimum Gasteiger partial charge on any atom is -0.321 e. The quantitative estimate of drug-likeness (QED) is 0.907. The van der Waals surface area contributed by atoms with Crippen molar-refractivity contribution in [3.8, 4) is 5.69 Å². The molecule has 2 aromatic rings. The molecule has 0 amide bonds. The van der Waals surface area contributed by atoms with E-state index in [9.17, 15) is 13.2 Å². The van der Waals surface area contributed by atoms with E-state index in [0.717, 1.165) is 12.1 Å². The largest absolute Gasteiger partial charge is 0.416 e. The molecule has 1 aromatic carbocycles. The van der Waals surface area contributed by atoms with Crippen LogP contribution in [0.15, 0.2) is 18.2 Å². The molecule has 0 saturated carbocycles. The lowest BCUT2D eigenvalue weighted by Gasteiger charge is -2.13. The van der Waals surface area contributed by atoms with E-state index in [0.29, 0.717) is 11.4 Å². The Hall–Kier alpha value is -1.96. The summed E-state index contributed by atoms with van der Waals surface area (Å²) in [4.78, 5) is 0. The predicted molar refractivity (Wildman–Crippen MR) is 61.5 cm³/mol. The Morgan fingerprint density at radius 1 is 1.32 bits per heavy atom. The minimum atomic E-state index is -4.41. The number of aryl methyl sites for hydroxylation is 1. The highest BCUT2D eigenvalue weighted by Gasteiger charge is 2.31. The lowest BCUT2D eigenvalue weighted by Crippen LogP contribution is -2.15. The second-order valence-electron chi connectivity index (χ2n) is 4.24. The highest BCUT2D eigenvalue weighted by Crippen LogP contribution is 2.31. The van der Waals surface area contributed by atoms with Gasteiger partial charge in [0.1, 0.15) is 0 Å². The van der Waals surface area contributed by atoms with E-state index in [2.05, 4.69) is 15.5 Å². The summed E-state index contributed by atoms with van der Waals surface area (Å²) in [6, 6.07) is 2.93. The average Bonchev–Trinajstić information content (AvgIpc) is 2.76. The van der Waals surface area contributed by atoms with Gasteiger partial charge in [-0.25, -0.2) is 0 Å². The monoisotopic (exact) mass is 271 g/mol. The number of nitrogens with two attached hydrogens (primary N) is 1. The van der Waals surface area contributed by atoms with Gasteiger partial charge >= 0.3 is 6.18 Å². The summed E-state index contributed by atoms with van der Waals surface area (Å²) in [5.41, 5.74) is 5.83. The van der Waals surface area contributed by atoms with E-state index in [1.54, 1.807) is 13.8 Å². The first kappa shape index (κ1) is 13.5. The molecule has 8 heteroatoms. The van der Waals surface area contributed by atoms with Gasteiger partial charge in [-0.1, -0.05) is 6.07 Å². The number of tetrazole rings is 1. The third kappa shape index (κ3) is 2.58. The van der Waals surface area contributed by atoms with Crippen LogP contribution in [0.5, 0.6) is 0 Å². The van der Waals surface area contributed by atoms with Crippen LogP contribution in [0.4, 0.5) is 13.2 Å². The van der Waals surface area contributed by atoms with Crippen molar-refractivity contribution >= 4 is 0 Å². The predicted octanol–water partition coefficient (Wildman–Crippen LogP) is 2.01. The van der Waals surface area contributed by atoms with Gasteiger partial charge < -0.3 is 5.73 Å². The van der Waals surface area contributed by atoms with Gasteiger partial charge in [0.15, 0.2) is 5.82 Å². The molecule has 0 aliphatic heterocycles. The highest BCUT2D eigenvalue weighted by atomic mass is 19.4. The SMILES string of the molecule is Cc1ccc(C(F)(F)F)cc1-n1nnnc1C(C)N. The van der Waals surface area contributed by atoms with Crippen LogP contribution < -0.4 is 5.73 Å². The van der Waals surface area contributed by atoms with Crippen molar-refractivity contribution in [3.63, 3.8) is 0 Å². The molecule has 0 aliphatic carbocycles. The summed E-state index contributed by atoms with van der Waals surface area (Å²) in [6.07, 6.45) is -4.41. The molecule has 19 heavy (non-hydrogen) atoms. The maximum Gasteiger partial charge on any atom is 0.416 e. The van der Waals surface area contributed by atoms with E-state index >= 15 is 0 Å². The molecule has 1 atom stereocenters. The van der Waals surface area contributed by atoms with Crippen LogP contribution >= 0.6 is 0 Å². The topological polar surface area (TPSA) is 69.6 Å². The second-order valence-corrected chi connectivity index (χ2v) is 4.24. The fourth-order valence-electron chi connectivity index (χ4n) is 1.66. The Bertz CT molecular complexity index is 588. The lowest BCUT2D eigenvalue weighted by atomic mass is 10.1. The molecule has 1 heterocycles. The van der Waals surface area contributed by atoms with Gasteiger partial charge in [-0.05, 0) is 42.0 Å². The van der Waals surface area contributed by atoms with E-state index < -0.39 is 17.8 Å². The molecule has 1 unspecified atom stereocenters. The van der Waals surface area contributed by atoms with Gasteiger partial charge in [0, 0.05) is 0 Å². The van der Waals surface area contributed by atoms with E-state index in [4.69, 9.17) is 5.73 Å². The fraction of sp³-hybridized carbons (Fsp3) is 0.364. The number of aromatic nitrogens is 4. The van der Waals surface area contributed by atoms with Crippen molar-refractivity contribution in [2.75, 3.05) is 0 Å². The third-order valence-corrected chi connectivity index (χ3v) is 2.67. The Balaban J connectivity index is 2.58. The summed E-state index contributed by atoms with van der Waals surface area (Å²) in [7, 11) is 0. The average molecular weight is 271 g/mol. The van der Waals surface area contributed by atoms with Crippen LogP contribution in [0.3, 0.4) is 0 Å². The van der Waals surface area contributed by atoms with Gasteiger partial charge in [-0.15, -0.1) is 5.10 Å². The molecule has 0 radical (unpaired) electrons. The van der Waals surface area contributed by atoms with Crippen molar-refractivity contribution in [1.82, 2.24) is 20.2 Å². The standard InChI is InChI=1S/C11H12F3N5/c1-6-3-4-8(11(12,13)14)5-9(6)19-10(7(2)15)16-17-18-19/h3-5,7H,15H2,1-2H3. The zero-order valence-corrected chi connectivity index (χ0v) is 10.3. The molecule has 0 saturated heterocycles. The molecule has 0 aliphatic rings. The van der Waals surface area contributed by atoms with Gasteiger partial charge in [0.2, 0.25) is 0 Å². The molecule has 5 nitrogen and oxygen atoms in total. The van der Waals surface area contributed by atoms with Gasteiger partial charge in [0.25, 0.3) is 0 Å². The lowest BCUT2D eigenvalue weighted by molar-refractivity contribution is -0.137. The van der Waals surface area contributed by atoms with E-state index in [1.165, 1.54) is 10.7 Å². The molecule has 1 aromatic heterocycles.